The van der Waals surface area contributed by atoms with E-state index in [4.69, 9.17) is 5.73 Å². The number of nitrogens with two attached hydrogens (primary N) is 1. The Morgan fingerprint density at radius 2 is 2.06 bits per heavy atom. The average Bonchev–Trinajstić information content (AvgIpc) is 2.96. The molecule has 16 heavy (non-hydrogen) atoms. The van der Waals surface area contributed by atoms with Gasteiger partial charge in [-0.15, -0.1) is 0 Å². The Hall–Kier alpha value is -1.03. The summed E-state index contributed by atoms with van der Waals surface area (Å²) >= 11 is 0. The molecule has 0 saturated heterocycles. The second-order valence-corrected chi connectivity index (χ2v) is 4.41. The maximum Gasteiger partial charge on any atom is 0.416 e. The highest BCUT2D eigenvalue weighted by Crippen LogP contribution is 2.47. The van der Waals surface area contributed by atoms with Gasteiger partial charge in [0.15, 0.2) is 0 Å². The second-order valence-electron chi connectivity index (χ2n) is 4.41. The zero-order valence-corrected chi connectivity index (χ0v) is 9.01. The first-order chi connectivity index (χ1) is 7.43. The molecule has 2 unspecified atom stereocenters. The quantitative estimate of drug-likeness (QED) is 0.828. The fraction of sp³-hybridized carbons (Fsp3) is 0.500. The van der Waals surface area contributed by atoms with Crippen LogP contribution in [0.1, 0.15) is 29.0 Å². The number of halogens is 3. The first-order valence-electron chi connectivity index (χ1n) is 5.31. The molecule has 2 N–H and O–H groups in total. The van der Waals surface area contributed by atoms with E-state index in [0.29, 0.717) is 12.5 Å². The van der Waals surface area contributed by atoms with Crippen molar-refractivity contribution in [1.82, 2.24) is 0 Å². The van der Waals surface area contributed by atoms with Gasteiger partial charge in [-0.1, -0.05) is 12.1 Å². The van der Waals surface area contributed by atoms with Gasteiger partial charge in [-0.3, -0.25) is 0 Å². The molecule has 1 aromatic carbocycles. The summed E-state index contributed by atoms with van der Waals surface area (Å²) in [7, 11) is 0. The third-order valence-electron chi connectivity index (χ3n) is 3.22. The van der Waals surface area contributed by atoms with Gasteiger partial charge in [0.05, 0.1) is 5.56 Å². The van der Waals surface area contributed by atoms with E-state index >= 15 is 0 Å². The Bertz CT molecular complexity index is 398. The predicted molar refractivity (Wildman–Crippen MR) is 56.1 cm³/mol. The molecule has 1 saturated carbocycles. The minimum atomic E-state index is -4.26. The third-order valence-corrected chi connectivity index (χ3v) is 3.22. The molecular weight excluding hydrogens is 215 g/mol. The van der Waals surface area contributed by atoms with Crippen molar-refractivity contribution >= 4 is 0 Å². The zero-order valence-electron chi connectivity index (χ0n) is 9.01. The van der Waals surface area contributed by atoms with Crippen molar-refractivity contribution in [3.63, 3.8) is 0 Å². The highest BCUT2D eigenvalue weighted by atomic mass is 19.4. The molecule has 88 valence electrons. The molecule has 1 aliphatic rings. The van der Waals surface area contributed by atoms with Crippen LogP contribution in [0.2, 0.25) is 0 Å². The number of hydrogen-bond donors (Lipinski definition) is 1. The summed E-state index contributed by atoms with van der Waals surface area (Å²) < 4.78 is 38.0. The van der Waals surface area contributed by atoms with Crippen LogP contribution in [0.5, 0.6) is 0 Å². The van der Waals surface area contributed by atoms with Gasteiger partial charge in [-0.05, 0) is 48.9 Å². The molecule has 0 bridgehead atoms. The van der Waals surface area contributed by atoms with Crippen molar-refractivity contribution < 1.29 is 13.2 Å². The normalized spacial score (nSPS) is 24.6. The fourth-order valence-electron chi connectivity index (χ4n) is 2.09. The van der Waals surface area contributed by atoms with Crippen LogP contribution in [0.4, 0.5) is 13.2 Å². The van der Waals surface area contributed by atoms with E-state index in [9.17, 15) is 13.2 Å². The van der Waals surface area contributed by atoms with Crippen molar-refractivity contribution in [1.29, 1.82) is 0 Å². The van der Waals surface area contributed by atoms with Crippen LogP contribution in [0.3, 0.4) is 0 Å². The SMILES string of the molecule is Cc1ccc(C2CC2CN)cc1C(F)(F)F. The van der Waals surface area contributed by atoms with Crippen LogP contribution >= 0.6 is 0 Å². The van der Waals surface area contributed by atoms with E-state index < -0.39 is 11.7 Å². The molecule has 0 amide bonds. The lowest BCUT2D eigenvalue weighted by molar-refractivity contribution is -0.138. The number of hydrogen-bond acceptors (Lipinski definition) is 1. The molecule has 0 radical (unpaired) electrons. The Morgan fingerprint density at radius 3 is 2.56 bits per heavy atom. The Labute approximate surface area is 92.5 Å². The van der Waals surface area contributed by atoms with E-state index in [-0.39, 0.29) is 11.5 Å². The first kappa shape index (κ1) is 11.5. The van der Waals surface area contributed by atoms with Gasteiger partial charge in [0, 0.05) is 0 Å². The maximum atomic E-state index is 12.7. The monoisotopic (exact) mass is 229 g/mol. The van der Waals surface area contributed by atoms with Gasteiger partial charge in [-0.2, -0.15) is 13.2 Å². The largest absolute Gasteiger partial charge is 0.416 e. The van der Waals surface area contributed by atoms with Gasteiger partial charge >= 0.3 is 6.18 Å². The van der Waals surface area contributed by atoms with E-state index in [1.165, 1.54) is 13.0 Å². The van der Waals surface area contributed by atoms with Crippen LogP contribution in [-0.2, 0) is 6.18 Å². The maximum absolute atomic E-state index is 12.7. The summed E-state index contributed by atoms with van der Waals surface area (Å²) in [4.78, 5) is 0. The van der Waals surface area contributed by atoms with Crippen LogP contribution in [0, 0.1) is 12.8 Å². The predicted octanol–water partition coefficient (Wildman–Crippen LogP) is 3.08. The molecule has 0 aromatic heterocycles. The summed E-state index contributed by atoms with van der Waals surface area (Å²) in [5.41, 5.74) is 6.02. The van der Waals surface area contributed by atoms with Crippen LogP contribution in [0.15, 0.2) is 18.2 Å². The van der Waals surface area contributed by atoms with Crippen LogP contribution in [-0.4, -0.2) is 6.54 Å². The van der Waals surface area contributed by atoms with Crippen molar-refractivity contribution in [2.24, 2.45) is 11.7 Å². The molecule has 1 nitrogen and oxygen atoms in total. The van der Waals surface area contributed by atoms with Crippen molar-refractivity contribution in [3.05, 3.63) is 34.9 Å². The molecular formula is C12H14F3N. The minimum Gasteiger partial charge on any atom is -0.330 e. The molecule has 2 rings (SSSR count). The van der Waals surface area contributed by atoms with Gasteiger partial charge < -0.3 is 5.73 Å². The topological polar surface area (TPSA) is 26.0 Å². The van der Waals surface area contributed by atoms with Gasteiger partial charge in [0.2, 0.25) is 0 Å². The lowest BCUT2D eigenvalue weighted by atomic mass is 10.0. The van der Waals surface area contributed by atoms with Crippen LogP contribution < -0.4 is 5.73 Å². The molecule has 2 atom stereocenters. The lowest BCUT2D eigenvalue weighted by Crippen LogP contribution is -2.08. The summed E-state index contributed by atoms with van der Waals surface area (Å²) in [5.74, 6) is 0.593. The highest BCUT2D eigenvalue weighted by molar-refractivity contribution is 5.37. The van der Waals surface area contributed by atoms with Crippen molar-refractivity contribution in [2.75, 3.05) is 6.54 Å². The molecule has 1 aromatic rings. The molecule has 1 aliphatic carbocycles. The summed E-state index contributed by atoms with van der Waals surface area (Å²) in [5, 5.41) is 0. The van der Waals surface area contributed by atoms with Crippen LogP contribution in [0.25, 0.3) is 0 Å². The smallest absolute Gasteiger partial charge is 0.330 e. The minimum absolute atomic E-state index is 0.228. The molecule has 0 aliphatic heterocycles. The third kappa shape index (κ3) is 2.07. The molecule has 0 heterocycles. The Balaban J connectivity index is 2.30. The number of aryl methyl sites for hydroxylation is 1. The zero-order chi connectivity index (χ0) is 11.9. The lowest BCUT2D eigenvalue weighted by Gasteiger charge is -2.12. The summed E-state index contributed by atoms with van der Waals surface area (Å²) in [6.07, 6.45) is -3.34. The van der Waals surface area contributed by atoms with Gasteiger partial charge in [0.25, 0.3) is 0 Å². The highest BCUT2D eigenvalue weighted by Gasteiger charge is 2.39. The Morgan fingerprint density at radius 1 is 1.38 bits per heavy atom. The number of alkyl halides is 3. The second kappa shape index (κ2) is 3.77. The van der Waals surface area contributed by atoms with E-state index in [1.807, 2.05) is 0 Å². The fourth-order valence-corrected chi connectivity index (χ4v) is 2.09. The summed E-state index contributed by atoms with van der Waals surface area (Å²) in [6.45, 7) is 2.04. The average molecular weight is 229 g/mol. The molecule has 4 heteroatoms. The van der Waals surface area contributed by atoms with Crippen molar-refractivity contribution in [3.8, 4) is 0 Å². The van der Waals surface area contributed by atoms with Gasteiger partial charge in [0.1, 0.15) is 0 Å². The standard InChI is InChI=1S/C12H14F3N/c1-7-2-3-8(10-4-9(10)6-16)5-11(7)12(13,14)15/h2-3,5,9-10H,4,6,16H2,1H3. The molecule has 0 spiro atoms. The van der Waals surface area contributed by atoms with E-state index in [0.717, 1.165) is 12.0 Å². The first-order valence-corrected chi connectivity index (χ1v) is 5.31. The van der Waals surface area contributed by atoms with E-state index in [1.54, 1.807) is 12.1 Å². The van der Waals surface area contributed by atoms with Gasteiger partial charge in [-0.25, -0.2) is 0 Å². The Kier molecular flexibility index (Phi) is 2.70. The van der Waals surface area contributed by atoms with Crippen molar-refractivity contribution in [2.45, 2.75) is 25.4 Å². The number of benzene rings is 1. The molecule has 1 fully saturated rings. The number of rotatable bonds is 2. The van der Waals surface area contributed by atoms with E-state index in [2.05, 4.69) is 0 Å². The summed E-state index contributed by atoms with van der Waals surface area (Å²) in [6, 6.07) is 4.60.